The van der Waals surface area contributed by atoms with Crippen LogP contribution in [0, 0.1) is 6.92 Å². The number of sulfonamides is 1. The summed E-state index contributed by atoms with van der Waals surface area (Å²) in [6.07, 6.45) is 3.73. The topological polar surface area (TPSA) is 117 Å². The van der Waals surface area contributed by atoms with Crippen molar-refractivity contribution in [1.29, 1.82) is 0 Å². The predicted molar refractivity (Wildman–Crippen MR) is 148 cm³/mol. The van der Waals surface area contributed by atoms with Crippen LogP contribution in [0.3, 0.4) is 0 Å². The van der Waals surface area contributed by atoms with E-state index in [0.29, 0.717) is 6.42 Å². The van der Waals surface area contributed by atoms with Gasteiger partial charge in [0, 0.05) is 31.1 Å². The van der Waals surface area contributed by atoms with Gasteiger partial charge in [-0.05, 0) is 63.9 Å². The Labute approximate surface area is 230 Å². The summed E-state index contributed by atoms with van der Waals surface area (Å²) in [7, 11) is -3.96. The van der Waals surface area contributed by atoms with Crippen molar-refractivity contribution in [2.45, 2.75) is 81.5 Å². The molecule has 39 heavy (non-hydrogen) atoms. The van der Waals surface area contributed by atoms with E-state index >= 15 is 0 Å². The first kappa shape index (κ1) is 27.6. The molecule has 3 atom stereocenters. The molecule has 9 nitrogen and oxygen atoms in total. The number of benzene rings is 2. The molecule has 2 fully saturated rings. The molecule has 0 saturated carbocycles. The van der Waals surface area contributed by atoms with Crippen LogP contribution in [0.15, 0.2) is 47.4 Å². The molecule has 0 aliphatic carbocycles. The Balaban J connectivity index is 1.34. The SMILES string of the molecule is Cc1ccc(S(=O)(=O)N2CCNC(=O)[C@H]2CC(=O)N[C@@H]2CC(C)(C)Oc3cc(C4CCCCN4)ccc32)cc1. The fourth-order valence-electron chi connectivity index (χ4n) is 5.80. The van der Waals surface area contributed by atoms with Crippen LogP contribution >= 0.6 is 0 Å². The van der Waals surface area contributed by atoms with Gasteiger partial charge in [0.15, 0.2) is 0 Å². The number of nitrogens with one attached hydrogen (secondary N) is 3. The van der Waals surface area contributed by atoms with Gasteiger partial charge < -0.3 is 20.7 Å². The van der Waals surface area contributed by atoms with Crippen LogP contribution in [0.4, 0.5) is 0 Å². The minimum absolute atomic E-state index is 0.102. The second-order valence-electron chi connectivity index (χ2n) is 11.4. The van der Waals surface area contributed by atoms with Gasteiger partial charge >= 0.3 is 0 Å². The van der Waals surface area contributed by atoms with Crippen molar-refractivity contribution < 1.29 is 22.7 Å². The summed E-state index contributed by atoms with van der Waals surface area (Å²) in [6.45, 7) is 7.16. The van der Waals surface area contributed by atoms with E-state index in [9.17, 15) is 18.0 Å². The molecule has 3 heterocycles. The number of piperidine rings is 1. The number of rotatable bonds is 6. The Morgan fingerprint density at radius 1 is 1.13 bits per heavy atom. The summed E-state index contributed by atoms with van der Waals surface area (Å²) in [5.74, 6) is -0.0994. The van der Waals surface area contributed by atoms with Crippen molar-refractivity contribution in [2.75, 3.05) is 19.6 Å². The van der Waals surface area contributed by atoms with Crippen LogP contribution < -0.4 is 20.7 Å². The van der Waals surface area contributed by atoms with Crippen LogP contribution in [0.5, 0.6) is 5.75 Å². The molecule has 0 aromatic heterocycles. The Morgan fingerprint density at radius 2 is 1.90 bits per heavy atom. The molecule has 3 N–H and O–H groups in total. The van der Waals surface area contributed by atoms with Crippen molar-refractivity contribution in [1.82, 2.24) is 20.3 Å². The van der Waals surface area contributed by atoms with Crippen molar-refractivity contribution >= 4 is 21.8 Å². The maximum Gasteiger partial charge on any atom is 0.243 e. The normalized spacial score (nSPS) is 25.2. The number of hydrogen-bond acceptors (Lipinski definition) is 6. The lowest BCUT2D eigenvalue weighted by molar-refractivity contribution is -0.132. The average molecular weight is 555 g/mol. The Bertz CT molecular complexity index is 1340. The molecule has 0 bridgehead atoms. The van der Waals surface area contributed by atoms with Crippen LogP contribution in [0.25, 0.3) is 0 Å². The van der Waals surface area contributed by atoms with E-state index in [-0.39, 0.29) is 42.4 Å². The summed E-state index contributed by atoms with van der Waals surface area (Å²) in [4.78, 5) is 26.3. The molecule has 2 saturated heterocycles. The van der Waals surface area contributed by atoms with Gasteiger partial charge in [0.1, 0.15) is 17.4 Å². The van der Waals surface area contributed by atoms with Gasteiger partial charge in [-0.3, -0.25) is 9.59 Å². The number of amides is 2. The first-order valence-electron chi connectivity index (χ1n) is 13.8. The average Bonchev–Trinajstić information content (AvgIpc) is 2.89. The maximum absolute atomic E-state index is 13.4. The van der Waals surface area contributed by atoms with E-state index in [0.717, 1.165) is 34.1 Å². The third-order valence-electron chi connectivity index (χ3n) is 7.83. The van der Waals surface area contributed by atoms with E-state index in [1.54, 1.807) is 12.1 Å². The van der Waals surface area contributed by atoms with Crippen molar-refractivity contribution in [2.24, 2.45) is 0 Å². The second kappa shape index (κ2) is 10.9. The smallest absolute Gasteiger partial charge is 0.243 e. The van der Waals surface area contributed by atoms with Gasteiger partial charge in [-0.25, -0.2) is 8.42 Å². The highest BCUT2D eigenvalue weighted by molar-refractivity contribution is 7.89. The number of carbonyl (C=O) groups is 2. The Hall–Kier alpha value is -2.95. The molecule has 2 aromatic carbocycles. The number of ether oxygens (including phenoxy) is 1. The number of piperazine rings is 1. The molecule has 3 aliphatic heterocycles. The highest BCUT2D eigenvalue weighted by Gasteiger charge is 2.41. The Morgan fingerprint density at radius 3 is 2.62 bits per heavy atom. The third kappa shape index (κ3) is 5.97. The van der Waals surface area contributed by atoms with Gasteiger partial charge in [0.05, 0.1) is 17.4 Å². The molecule has 5 rings (SSSR count). The third-order valence-corrected chi connectivity index (χ3v) is 9.75. The molecule has 2 aromatic rings. The molecule has 0 radical (unpaired) electrons. The molecular formula is C29H38N4O5S. The first-order chi connectivity index (χ1) is 18.5. The van der Waals surface area contributed by atoms with E-state index in [2.05, 4.69) is 28.1 Å². The largest absolute Gasteiger partial charge is 0.487 e. The summed E-state index contributed by atoms with van der Waals surface area (Å²) in [5, 5.41) is 9.37. The zero-order valence-corrected chi connectivity index (χ0v) is 23.6. The van der Waals surface area contributed by atoms with Crippen LogP contribution in [-0.4, -0.2) is 55.8 Å². The zero-order chi connectivity index (χ0) is 27.8. The van der Waals surface area contributed by atoms with E-state index in [4.69, 9.17) is 4.74 Å². The molecule has 2 amide bonds. The van der Waals surface area contributed by atoms with Gasteiger partial charge in [-0.2, -0.15) is 4.31 Å². The van der Waals surface area contributed by atoms with Crippen molar-refractivity contribution in [3.63, 3.8) is 0 Å². The van der Waals surface area contributed by atoms with Crippen LogP contribution in [-0.2, 0) is 19.6 Å². The summed E-state index contributed by atoms with van der Waals surface area (Å²) in [5.41, 5.74) is 2.49. The van der Waals surface area contributed by atoms with Crippen molar-refractivity contribution in [3.8, 4) is 5.75 Å². The van der Waals surface area contributed by atoms with Gasteiger partial charge in [-0.1, -0.05) is 36.2 Å². The van der Waals surface area contributed by atoms with Gasteiger partial charge in [0.2, 0.25) is 21.8 Å². The van der Waals surface area contributed by atoms with Gasteiger partial charge in [-0.15, -0.1) is 0 Å². The fourth-order valence-corrected chi connectivity index (χ4v) is 7.39. The molecule has 10 heteroatoms. The van der Waals surface area contributed by atoms with Crippen LogP contribution in [0.1, 0.15) is 74.7 Å². The second-order valence-corrected chi connectivity index (χ2v) is 13.3. The first-order valence-corrected chi connectivity index (χ1v) is 15.2. The van der Waals surface area contributed by atoms with E-state index in [1.165, 1.54) is 30.5 Å². The molecular weight excluding hydrogens is 516 g/mol. The predicted octanol–water partition coefficient (Wildman–Crippen LogP) is 3.11. The summed E-state index contributed by atoms with van der Waals surface area (Å²) < 4.78 is 34.3. The number of fused-ring (bicyclic) bond motifs is 1. The van der Waals surface area contributed by atoms with Crippen molar-refractivity contribution in [3.05, 3.63) is 59.2 Å². The number of carbonyl (C=O) groups excluding carboxylic acids is 2. The monoisotopic (exact) mass is 554 g/mol. The highest BCUT2D eigenvalue weighted by Crippen LogP contribution is 2.41. The summed E-state index contributed by atoms with van der Waals surface area (Å²) in [6, 6.07) is 11.5. The van der Waals surface area contributed by atoms with Gasteiger partial charge in [0.25, 0.3) is 0 Å². The zero-order valence-electron chi connectivity index (χ0n) is 22.8. The standard InChI is InChI=1S/C29H38N4O5S/c1-19-7-10-21(11-8-19)39(36,37)33-15-14-31-28(35)25(33)17-27(34)32-24-18-29(2,3)38-26-16-20(9-12-22(24)26)23-6-4-5-13-30-23/h7-12,16,23-25,30H,4-6,13-15,17-18H2,1-3H3,(H,31,35)(H,32,34)/t23?,24-,25-/m1/s1. The molecule has 3 aliphatic rings. The molecule has 210 valence electrons. The lowest BCUT2D eigenvalue weighted by atomic mass is 9.87. The maximum atomic E-state index is 13.4. The lowest BCUT2D eigenvalue weighted by Gasteiger charge is -2.39. The lowest BCUT2D eigenvalue weighted by Crippen LogP contribution is -2.58. The van der Waals surface area contributed by atoms with Crippen LogP contribution in [0.2, 0.25) is 0 Å². The molecule has 1 unspecified atom stereocenters. The minimum Gasteiger partial charge on any atom is -0.487 e. The number of aryl methyl sites for hydroxylation is 1. The Kier molecular flexibility index (Phi) is 7.72. The quantitative estimate of drug-likeness (QED) is 0.505. The highest BCUT2D eigenvalue weighted by atomic mass is 32.2. The number of hydrogen-bond donors (Lipinski definition) is 3. The number of nitrogens with zero attached hydrogens (tertiary/aromatic N) is 1. The fraction of sp³-hybridized carbons (Fsp3) is 0.517. The van der Waals surface area contributed by atoms with E-state index in [1.807, 2.05) is 26.8 Å². The summed E-state index contributed by atoms with van der Waals surface area (Å²) >= 11 is 0. The molecule has 0 spiro atoms. The van der Waals surface area contributed by atoms with E-state index < -0.39 is 27.6 Å². The minimum atomic E-state index is -3.96.